The van der Waals surface area contributed by atoms with Crippen LogP contribution in [0.25, 0.3) is 0 Å². The molecule has 1 atom stereocenters. The molecule has 5 heteroatoms. The lowest BCUT2D eigenvalue weighted by atomic mass is 10.1. The summed E-state index contributed by atoms with van der Waals surface area (Å²) < 4.78 is 10.6. The number of methoxy groups -OCH3 is 2. The van der Waals surface area contributed by atoms with Gasteiger partial charge in [-0.1, -0.05) is 6.07 Å². The third-order valence-corrected chi connectivity index (χ3v) is 4.91. The summed E-state index contributed by atoms with van der Waals surface area (Å²) in [6.45, 7) is 3.56. The molecule has 1 N–H and O–H groups in total. The Balaban J connectivity index is 1.87. The highest BCUT2D eigenvalue weighted by molar-refractivity contribution is 7.12. The van der Waals surface area contributed by atoms with E-state index < -0.39 is 6.10 Å². The summed E-state index contributed by atoms with van der Waals surface area (Å²) in [4.78, 5) is 4.41. The number of ether oxygens (including phenoxy) is 2. The smallest absolute Gasteiger partial charge is 0.160 e. The van der Waals surface area contributed by atoms with E-state index in [4.69, 9.17) is 9.47 Å². The zero-order valence-corrected chi connectivity index (χ0v) is 15.0. The second-order valence-corrected chi connectivity index (χ2v) is 6.99. The number of hydrogen-bond acceptors (Lipinski definition) is 5. The van der Waals surface area contributed by atoms with E-state index in [0.717, 1.165) is 29.3 Å². The number of likely N-dealkylation sites (N-methyl/N-ethyl adjacent to an activating group) is 1. The molecule has 1 heterocycles. The average molecular weight is 335 g/mol. The minimum atomic E-state index is -0.427. The summed E-state index contributed by atoms with van der Waals surface area (Å²) in [7, 11) is 5.32. The minimum absolute atomic E-state index is 0.427. The van der Waals surface area contributed by atoms with Crippen LogP contribution in [0.1, 0.15) is 21.4 Å². The molecule has 0 spiro atoms. The molecule has 0 aliphatic heterocycles. The Labute approximate surface area is 142 Å². The molecule has 126 valence electrons. The van der Waals surface area contributed by atoms with Gasteiger partial charge in [-0.05, 0) is 50.2 Å². The molecule has 0 amide bonds. The standard InChI is InChI=1S/C18H25NO3S/c1-13-5-8-18(23-13)15(20)12-19(2)10-9-14-6-7-16(21-3)17(11-14)22-4/h5-8,11,15,20H,9-10,12H2,1-4H3. The van der Waals surface area contributed by atoms with Crippen molar-refractivity contribution >= 4 is 11.3 Å². The zero-order valence-electron chi connectivity index (χ0n) is 14.2. The number of aliphatic hydroxyl groups is 1. The van der Waals surface area contributed by atoms with Crippen LogP contribution in [-0.2, 0) is 6.42 Å². The summed E-state index contributed by atoms with van der Waals surface area (Å²) in [5.74, 6) is 1.50. The number of hydrogen-bond donors (Lipinski definition) is 1. The predicted molar refractivity (Wildman–Crippen MR) is 94.8 cm³/mol. The number of rotatable bonds is 8. The van der Waals surface area contributed by atoms with E-state index in [-0.39, 0.29) is 0 Å². The molecule has 1 aromatic heterocycles. The van der Waals surface area contributed by atoms with Crippen molar-refractivity contribution in [2.75, 3.05) is 34.4 Å². The summed E-state index contributed by atoms with van der Waals surface area (Å²) >= 11 is 1.65. The van der Waals surface area contributed by atoms with Crippen LogP contribution in [0.4, 0.5) is 0 Å². The predicted octanol–water partition coefficient (Wildman–Crippen LogP) is 3.28. The van der Waals surface area contributed by atoms with E-state index in [1.54, 1.807) is 25.6 Å². The van der Waals surface area contributed by atoms with E-state index in [9.17, 15) is 5.11 Å². The molecule has 4 nitrogen and oxygen atoms in total. The quantitative estimate of drug-likeness (QED) is 0.804. The fourth-order valence-corrected chi connectivity index (χ4v) is 3.32. The molecule has 0 saturated heterocycles. The largest absolute Gasteiger partial charge is 0.493 e. The molecule has 2 rings (SSSR count). The van der Waals surface area contributed by atoms with Crippen LogP contribution in [0, 0.1) is 6.92 Å². The normalized spacial score (nSPS) is 12.4. The van der Waals surface area contributed by atoms with Crippen LogP contribution >= 0.6 is 11.3 Å². The van der Waals surface area contributed by atoms with Crippen molar-refractivity contribution < 1.29 is 14.6 Å². The van der Waals surface area contributed by atoms with Crippen LogP contribution in [0.5, 0.6) is 11.5 Å². The second kappa shape index (κ2) is 8.34. The van der Waals surface area contributed by atoms with Crippen molar-refractivity contribution in [2.45, 2.75) is 19.4 Å². The van der Waals surface area contributed by atoms with Crippen molar-refractivity contribution in [3.8, 4) is 11.5 Å². The first-order chi connectivity index (χ1) is 11.0. The Kier molecular flexibility index (Phi) is 6.45. The van der Waals surface area contributed by atoms with Crippen LogP contribution in [-0.4, -0.2) is 44.4 Å². The highest BCUT2D eigenvalue weighted by Crippen LogP contribution is 2.28. The summed E-state index contributed by atoms with van der Waals surface area (Å²) in [6.07, 6.45) is 0.469. The third-order valence-electron chi connectivity index (χ3n) is 3.80. The lowest BCUT2D eigenvalue weighted by Crippen LogP contribution is -2.26. The molecule has 0 bridgehead atoms. The van der Waals surface area contributed by atoms with Gasteiger partial charge in [0.1, 0.15) is 6.10 Å². The summed E-state index contributed by atoms with van der Waals surface area (Å²) in [6, 6.07) is 10.0. The maximum Gasteiger partial charge on any atom is 0.160 e. The van der Waals surface area contributed by atoms with Gasteiger partial charge in [-0.15, -0.1) is 11.3 Å². The summed E-state index contributed by atoms with van der Waals surface area (Å²) in [5.41, 5.74) is 1.19. The fraction of sp³-hybridized carbons (Fsp3) is 0.444. The lowest BCUT2D eigenvalue weighted by Gasteiger charge is -2.20. The van der Waals surface area contributed by atoms with Gasteiger partial charge in [0.2, 0.25) is 0 Å². The van der Waals surface area contributed by atoms with Crippen molar-refractivity contribution in [1.29, 1.82) is 0 Å². The molecular formula is C18H25NO3S. The van der Waals surface area contributed by atoms with E-state index in [0.29, 0.717) is 6.54 Å². The summed E-state index contributed by atoms with van der Waals surface area (Å²) in [5, 5.41) is 10.3. The van der Waals surface area contributed by atoms with E-state index in [1.807, 2.05) is 37.4 Å². The fourth-order valence-electron chi connectivity index (χ4n) is 2.47. The average Bonchev–Trinajstić information content (AvgIpc) is 2.99. The van der Waals surface area contributed by atoms with E-state index >= 15 is 0 Å². The maximum atomic E-state index is 10.3. The maximum absolute atomic E-state index is 10.3. The van der Waals surface area contributed by atoms with Crippen LogP contribution in [0.3, 0.4) is 0 Å². The monoisotopic (exact) mass is 335 g/mol. The van der Waals surface area contributed by atoms with Gasteiger partial charge in [0, 0.05) is 22.8 Å². The molecule has 23 heavy (non-hydrogen) atoms. The Bertz CT molecular complexity index is 626. The molecule has 0 aliphatic carbocycles. The number of thiophene rings is 1. The van der Waals surface area contributed by atoms with Gasteiger partial charge in [0.25, 0.3) is 0 Å². The van der Waals surface area contributed by atoms with Gasteiger partial charge in [-0.3, -0.25) is 0 Å². The van der Waals surface area contributed by atoms with Gasteiger partial charge in [0.15, 0.2) is 11.5 Å². The van der Waals surface area contributed by atoms with Crippen molar-refractivity contribution in [1.82, 2.24) is 4.90 Å². The first kappa shape index (κ1) is 17.8. The molecule has 0 fully saturated rings. The first-order valence-corrected chi connectivity index (χ1v) is 8.49. The number of aliphatic hydroxyl groups excluding tert-OH is 1. The Morgan fingerprint density at radius 1 is 1.13 bits per heavy atom. The Hall–Kier alpha value is -1.56. The molecule has 0 radical (unpaired) electrons. The SMILES string of the molecule is COc1ccc(CCN(C)CC(O)c2ccc(C)s2)cc1OC. The van der Waals surface area contributed by atoms with Crippen LogP contribution in [0.15, 0.2) is 30.3 Å². The Morgan fingerprint density at radius 2 is 1.87 bits per heavy atom. The highest BCUT2D eigenvalue weighted by atomic mass is 32.1. The molecular weight excluding hydrogens is 310 g/mol. The van der Waals surface area contributed by atoms with E-state index in [1.165, 1.54) is 10.4 Å². The highest BCUT2D eigenvalue weighted by Gasteiger charge is 2.13. The second-order valence-electron chi connectivity index (χ2n) is 5.67. The number of benzene rings is 1. The molecule has 0 aliphatic rings. The van der Waals surface area contributed by atoms with E-state index in [2.05, 4.69) is 11.8 Å². The molecule has 0 saturated carbocycles. The van der Waals surface area contributed by atoms with Gasteiger partial charge in [0.05, 0.1) is 14.2 Å². The lowest BCUT2D eigenvalue weighted by molar-refractivity contribution is 0.130. The van der Waals surface area contributed by atoms with Crippen molar-refractivity contribution in [3.05, 3.63) is 45.6 Å². The van der Waals surface area contributed by atoms with Crippen molar-refractivity contribution in [3.63, 3.8) is 0 Å². The third kappa shape index (κ3) is 4.96. The van der Waals surface area contributed by atoms with Gasteiger partial charge in [-0.25, -0.2) is 0 Å². The molecule has 1 aromatic carbocycles. The van der Waals surface area contributed by atoms with Crippen molar-refractivity contribution in [2.24, 2.45) is 0 Å². The van der Waals surface area contributed by atoms with Gasteiger partial charge in [-0.2, -0.15) is 0 Å². The van der Waals surface area contributed by atoms with Crippen LogP contribution < -0.4 is 9.47 Å². The number of aryl methyl sites for hydroxylation is 1. The van der Waals surface area contributed by atoms with Gasteiger partial charge >= 0.3 is 0 Å². The van der Waals surface area contributed by atoms with Gasteiger partial charge < -0.3 is 19.5 Å². The van der Waals surface area contributed by atoms with Crippen LogP contribution in [0.2, 0.25) is 0 Å². The minimum Gasteiger partial charge on any atom is -0.493 e. The molecule has 1 unspecified atom stereocenters. The molecule has 2 aromatic rings. The topological polar surface area (TPSA) is 41.9 Å². The number of nitrogens with zero attached hydrogens (tertiary/aromatic N) is 1. The Morgan fingerprint density at radius 3 is 2.48 bits per heavy atom. The zero-order chi connectivity index (χ0) is 16.8. The first-order valence-electron chi connectivity index (χ1n) is 7.67.